The van der Waals surface area contributed by atoms with Crippen LogP contribution in [0.5, 0.6) is 11.6 Å². The number of hydrogen-bond donors (Lipinski definition) is 1. The van der Waals surface area contributed by atoms with Crippen molar-refractivity contribution in [3.05, 3.63) is 89.2 Å². The highest BCUT2D eigenvalue weighted by Crippen LogP contribution is 2.22. The van der Waals surface area contributed by atoms with Crippen LogP contribution in [-0.4, -0.2) is 25.9 Å². The van der Waals surface area contributed by atoms with Crippen LogP contribution < -0.4 is 10.1 Å². The fraction of sp³-hybridized carbons (Fsp3) is 0.0476. The molecule has 0 atom stereocenters. The van der Waals surface area contributed by atoms with Gasteiger partial charge in [-0.2, -0.15) is 5.10 Å². The maximum absolute atomic E-state index is 12.3. The van der Waals surface area contributed by atoms with Gasteiger partial charge in [-0.15, -0.1) is 10.2 Å². The summed E-state index contributed by atoms with van der Waals surface area (Å²) in [6.07, 6.45) is 1.82. The minimum atomic E-state index is -0.239. The second kappa shape index (κ2) is 8.12. The van der Waals surface area contributed by atoms with Crippen molar-refractivity contribution in [1.29, 1.82) is 0 Å². The first kappa shape index (κ1) is 18.6. The lowest BCUT2D eigenvalue weighted by Gasteiger charge is -2.08. The van der Waals surface area contributed by atoms with E-state index in [2.05, 4.69) is 20.6 Å². The van der Waals surface area contributed by atoms with Gasteiger partial charge in [0, 0.05) is 28.5 Å². The van der Waals surface area contributed by atoms with Crippen molar-refractivity contribution in [3.63, 3.8) is 0 Å². The van der Waals surface area contributed by atoms with Crippen molar-refractivity contribution >= 4 is 23.2 Å². The van der Waals surface area contributed by atoms with Crippen LogP contribution in [0.25, 0.3) is 5.82 Å². The molecule has 0 spiro atoms. The Morgan fingerprint density at radius 3 is 2.52 bits per heavy atom. The molecule has 0 saturated carbocycles. The SMILES string of the molecule is Cc1ccn(-c2ccc(Oc3ccc(NC(=O)c4cccc(Cl)c4)cc3)nn2)n1. The predicted molar refractivity (Wildman–Crippen MR) is 110 cm³/mol. The molecule has 0 aliphatic carbocycles. The van der Waals surface area contributed by atoms with Crippen molar-refractivity contribution < 1.29 is 9.53 Å². The van der Waals surface area contributed by atoms with Crippen molar-refractivity contribution in [2.24, 2.45) is 0 Å². The number of hydrogen-bond acceptors (Lipinski definition) is 5. The summed E-state index contributed by atoms with van der Waals surface area (Å²) in [5, 5.41) is 15.8. The van der Waals surface area contributed by atoms with E-state index in [1.165, 1.54) is 0 Å². The van der Waals surface area contributed by atoms with E-state index in [1.807, 2.05) is 19.2 Å². The highest BCUT2D eigenvalue weighted by molar-refractivity contribution is 6.31. The Balaban J connectivity index is 1.40. The normalized spacial score (nSPS) is 10.6. The van der Waals surface area contributed by atoms with E-state index < -0.39 is 0 Å². The largest absolute Gasteiger partial charge is 0.438 e. The van der Waals surface area contributed by atoms with E-state index in [-0.39, 0.29) is 5.91 Å². The van der Waals surface area contributed by atoms with E-state index in [0.29, 0.717) is 33.7 Å². The standard InChI is InChI=1S/C21H16ClN5O2/c1-14-11-12-27(26-14)19-9-10-20(25-24-19)29-18-7-5-17(6-8-18)23-21(28)15-3-2-4-16(22)13-15/h2-13H,1H3,(H,23,28). The van der Waals surface area contributed by atoms with Crippen LogP contribution in [0.4, 0.5) is 5.69 Å². The lowest BCUT2D eigenvalue weighted by atomic mass is 10.2. The zero-order valence-corrected chi connectivity index (χ0v) is 16.2. The third kappa shape index (κ3) is 4.59. The first-order chi connectivity index (χ1) is 14.1. The molecule has 0 saturated heterocycles. The number of anilines is 1. The van der Waals surface area contributed by atoms with Gasteiger partial charge < -0.3 is 10.1 Å². The maximum atomic E-state index is 12.3. The van der Waals surface area contributed by atoms with Crippen LogP contribution in [0.3, 0.4) is 0 Å². The number of ether oxygens (including phenoxy) is 1. The Morgan fingerprint density at radius 1 is 1.03 bits per heavy atom. The van der Waals surface area contributed by atoms with Gasteiger partial charge in [0.25, 0.3) is 5.91 Å². The summed E-state index contributed by atoms with van der Waals surface area (Å²) < 4.78 is 7.34. The number of aromatic nitrogens is 4. The van der Waals surface area contributed by atoms with Gasteiger partial charge in [-0.25, -0.2) is 4.68 Å². The fourth-order valence-electron chi connectivity index (χ4n) is 2.59. The van der Waals surface area contributed by atoms with Crippen molar-refractivity contribution in [2.45, 2.75) is 6.92 Å². The summed E-state index contributed by atoms with van der Waals surface area (Å²) >= 11 is 5.92. The number of aryl methyl sites for hydroxylation is 1. The van der Waals surface area contributed by atoms with Crippen molar-refractivity contribution in [3.8, 4) is 17.4 Å². The number of nitrogens with zero attached hydrogens (tertiary/aromatic N) is 4. The Morgan fingerprint density at radius 2 is 1.86 bits per heavy atom. The topological polar surface area (TPSA) is 81.9 Å². The highest BCUT2D eigenvalue weighted by Gasteiger charge is 2.07. The van der Waals surface area contributed by atoms with E-state index in [1.54, 1.807) is 65.3 Å². The lowest BCUT2D eigenvalue weighted by molar-refractivity contribution is 0.102. The van der Waals surface area contributed by atoms with Crippen LogP contribution in [0.1, 0.15) is 16.1 Å². The number of carbonyl (C=O) groups is 1. The summed E-state index contributed by atoms with van der Waals surface area (Å²) in [6.45, 7) is 1.91. The van der Waals surface area contributed by atoms with Crippen molar-refractivity contribution in [2.75, 3.05) is 5.32 Å². The minimum absolute atomic E-state index is 0.239. The molecule has 2 aromatic carbocycles. The lowest BCUT2D eigenvalue weighted by Crippen LogP contribution is -2.11. The average molecular weight is 406 g/mol. The van der Waals surface area contributed by atoms with Crippen LogP contribution in [-0.2, 0) is 0 Å². The smallest absolute Gasteiger partial charge is 0.255 e. The first-order valence-electron chi connectivity index (χ1n) is 8.78. The molecule has 2 heterocycles. The zero-order valence-electron chi connectivity index (χ0n) is 15.4. The molecule has 0 fully saturated rings. The quantitative estimate of drug-likeness (QED) is 0.521. The Hall–Kier alpha value is -3.71. The summed E-state index contributed by atoms with van der Waals surface area (Å²) in [7, 11) is 0. The predicted octanol–water partition coefficient (Wildman–Crippen LogP) is 4.67. The molecule has 0 radical (unpaired) electrons. The van der Waals surface area contributed by atoms with Gasteiger partial charge in [-0.05, 0) is 61.5 Å². The maximum Gasteiger partial charge on any atom is 0.255 e. The molecule has 0 bridgehead atoms. The summed E-state index contributed by atoms with van der Waals surface area (Å²) in [5.41, 5.74) is 2.02. The molecule has 0 unspecified atom stereocenters. The van der Waals surface area contributed by atoms with Gasteiger partial charge in [0.15, 0.2) is 5.82 Å². The Kier molecular flexibility index (Phi) is 5.22. The van der Waals surface area contributed by atoms with Gasteiger partial charge in [0.1, 0.15) is 5.75 Å². The summed E-state index contributed by atoms with van der Waals surface area (Å²) in [4.78, 5) is 12.3. The molecule has 8 heteroatoms. The molecule has 0 aliphatic heterocycles. The number of halogens is 1. The second-order valence-corrected chi connectivity index (χ2v) is 6.66. The Bertz CT molecular complexity index is 1140. The average Bonchev–Trinajstić information content (AvgIpc) is 3.16. The summed E-state index contributed by atoms with van der Waals surface area (Å²) in [6, 6.07) is 19.1. The van der Waals surface area contributed by atoms with E-state index >= 15 is 0 Å². The van der Waals surface area contributed by atoms with Gasteiger partial charge in [0.2, 0.25) is 5.88 Å². The molecule has 7 nitrogen and oxygen atoms in total. The third-order valence-corrected chi connectivity index (χ3v) is 4.24. The van der Waals surface area contributed by atoms with E-state index in [4.69, 9.17) is 16.3 Å². The molecule has 1 amide bonds. The first-order valence-corrected chi connectivity index (χ1v) is 9.16. The molecule has 0 aliphatic rings. The second-order valence-electron chi connectivity index (χ2n) is 6.22. The third-order valence-electron chi connectivity index (χ3n) is 4.00. The van der Waals surface area contributed by atoms with E-state index in [0.717, 1.165) is 5.69 Å². The van der Waals surface area contributed by atoms with Crippen LogP contribution >= 0.6 is 11.6 Å². The van der Waals surface area contributed by atoms with Crippen LogP contribution in [0.2, 0.25) is 5.02 Å². The molecule has 144 valence electrons. The molecular weight excluding hydrogens is 390 g/mol. The number of nitrogens with one attached hydrogen (secondary N) is 1. The summed E-state index contributed by atoms with van der Waals surface area (Å²) in [5.74, 6) is 1.29. The fourth-order valence-corrected chi connectivity index (χ4v) is 2.78. The van der Waals surface area contributed by atoms with Gasteiger partial charge in [0.05, 0.1) is 5.69 Å². The molecule has 1 N–H and O–H groups in total. The number of carbonyl (C=O) groups excluding carboxylic acids is 1. The molecule has 29 heavy (non-hydrogen) atoms. The molecule has 4 rings (SSSR count). The molecule has 4 aromatic rings. The number of benzene rings is 2. The van der Waals surface area contributed by atoms with Gasteiger partial charge >= 0.3 is 0 Å². The van der Waals surface area contributed by atoms with Gasteiger partial charge in [-0.1, -0.05) is 17.7 Å². The van der Waals surface area contributed by atoms with E-state index in [9.17, 15) is 4.79 Å². The van der Waals surface area contributed by atoms with Crippen molar-refractivity contribution in [1.82, 2.24) is 20.0 Å². The molecule has 2 aromatic heterocycles. The zero-order chi connectivity index (χ0) is 20.2. The molecular formula is C21H16ClN5O2. The van der Waals surface area contributed by atoms with Crippen LogP contribution in [0.15, 0.2) is 72.9 Å². The highest BCUT2D eigenvalue weighted by atomic mass is 35.5. The monoisotopic (exact) mass is 405 g/mol. The minimum Gasteiger partial charge on any atom is -0.438 e. The van der Waals surface area contributed by atoms with Crippen LogP contribution in [0, 0.1) is 6.92 Å². The number of amides is 1. The number of rotatable bonds is 5. The Labute approximate surface area is 171 Å². The van der Waals surface area contributed by atoms with Gasteiger partial charge in [-0.3, -0.25) is 4.79 Å².